The monoisotopic (exact) mass is 254 g/mol. The number of amides is 1. The number of carbonyl (C=O) groups excluding carboxylic acids is 1. The standard InChI is InChI=1S/C15H30N2O/c1-12(2)7-5-6-8-14(18)17-11-13(16)9-10-15(17,3)4/h12-13H,5-11,16H2,1-4H3. The molecule has 1 unspecified atom stereocenters. The van der Waals surface area contributed by atoms with Crippen molar-refractivity contribution in [3.05, 3.63) is 0 Å². The highest BCUT2D eigenvalue weighted by atomic mass is 16.2. The number of hydrogen-bond acceptors (Lipinski definition) is 2. The smallest absolute Gasteiger partial charge is 0.223 e. The van der Waals surface area contributed by atoms with Crippen LogP contribution in [0.4, 0.5) is 0 Å². The van der Waals surface area contributed by atoms with Gasteiger partial charge in [0.15, 0.2) is 0 Å². The number of likely N-dealkylation sites (tertiary alicyclic amines) is 1. The van der Waals surface area contributed by atoms with Crippen molar-refractivity contribution in [1.29, 1.82) is 0 Å². The summed E-state index contributed by atoms with van der Waals surface area (Å²) < 4.78 is 0. The van der Waals surface area contributed by atoms with E-state index >= 15 is 0 Å². The van der Waals surface area contributed by atoms with E-state index in [0.29, 0.717) is 12.3 Å². The van der Waals surface area contributed by atoms with E-state index in [9.17, 15) is 4.79 Å². The summed E-state index contributed by atoms with van der Waals surface area (Å²) >= 11 is 0. The zero-order valence-electron chi connectivity index (χ0n) is 12.5. The van der Waals surface area contributed by atoms with E-state index in [0.717, 1.165) is 38.1 Å². The van der Waals surface area contributed by atoms with Crippen LogP contribution in [0.2, 0.25) is 0 Å². The van der Waals surface area contributed by atoms with Crippen LogP contribution in [0.25, 0.3) is 0 Å². The largest absolute Gasteiger partial charge is 0.336 e. The van der Waals surface area contributed by atoms with Crippen molar-refractivity contribution in [1.82, 2.24) is 4.90 Å². The summed E-state index contributed by atoms with van der Waals surface area (Å²) in [5.41, 5.74) is 5.98. The fourth-order valence-electron chi connectivity index (χ4n) is 2.65. The first-order valence-electron chi connectivity index (χ1n) is 7.39. The molecule has 0 spiro atoms. The lowest BCUT2D eigenvalue weighted by Crippen LogP contribution is -2.56. The van der Waals surface area contributed by atoms with Crippen molar-refractivity contribution in [3.63, 3.8) is 0 Å². The molecule has 1 saturated heterocycles. The van der Waals surface area contributed by atoms with Crippen LogP contribution in [0.3, 0.4) is 0 Å². The Morgan fingerprint density at radius 1 is 1.39 bits per heavy atom. The maximum atomic E-state index is 12.3. The highest BCUT2D eigenvalue weighted by Crippen LogP contribution is 2.27. The van der Waals surface area contributed by atoms with Gasteiger partial charge in [-0.15, -0.1) is 0 Å². The Morgan fingerprint density at radius 2 is 2.06 bits per heavy atom. The summed E-state index contributed by atoms with van der Waals surface area (Å²) in [6.45, 7) is 9.51. The first-order valence-corrected chi connectivity index (χ1v) is 7.39. The van der Waals surface area contributed by atoms with Gasteiger partial charge in [-0.2, -0.15) is 0 Å². The summed E-state index contributed by atoms with van der Waals surface area (Å²) in [5, 5.41) is 0. The zero-order valence-corrected chi connectivity index (χ0v) is 12.5. The Bertz CT molecular complexity index is 274. The Hall–Kier alpha value is -0.570. The first-order chi connectivity index (χ1) is 8.33. The van der Waals surface area contributed by atoms with Gasteiger partial charge in [-0.25, -0.2) is 0 Å². The van der Waals surface area contributed by atoms with Crippen molar-refractivity contribution in [3.8, 4) is 0 Å². The molecule has 1 heterocycles. The van der Waals surface area contributed by atoms with Crippen molar-refractivity contribution >= 4 is 5.91 Å². The molecule has 0 saturated carbocycles. The zero-order chi connectivity index (χ0) is 13.8. The average Bonchev–Trinajstić information content (AvgIpc) is 2.27. The van der Waals surface area contributed by atoms with Gasteiger partial charge in [0.25, 0.3) is 0 Å². The Labute approximate surface area is 112 Å². The second-order valence-electron chi connectivity index (χ2n) is 6.76. The van der Waals surface area contributed by atoms with Crippen LogP contribution < -0.4 is 5.73 Å². The van der Waals surface area contributed by atoms with Crippen LogP contribution in [0, 0.1) is 5.92 Å². The lowest BCUT2D eigenvalue weighted by Gasteiger charge is -2.45. The molecule has 106 valence electrons. The van der Waals surface area contributed by atoms with Crippen molar-refractivity contribution in [2.24, 2.45) is 11.7 Å². The quantitative estimate of drug-likeness (QED) is 0.767. The van der Waals surface area contributed by atoms with Crippen LogP contribution in [0.15, 0.2) is 0 Å². The summed E-state index contributed by atoms with van der Waals surface area (Å²) in [6.07, 6.45) is 6.12. The van der Waals surface area contributed by atoms with E-state index in [4.69, 9.17) is 5.73 Å². The first kappa shape index (κ1) is 15.5. The van der Waals surface area contributed by atoms with Crippen molar-refractivity contribution < 1.29 is 4.79 Å². The molecule has 1 atom stereocenters. The molecule has 2 N–H and O–H groups in total. The molecule has 0 bridgehead atoms. The van der Waals surface area contributed by atoms with Crippen LogP contribution in [-0.2, 0) is 4.79 Å². The van der Waals surface area contributed by atoms with E-state index in [1.54, 1.807) is 0 Å². The molecule has 0 aromatic carbocycles. The van der Waals surface area contributed by atoms with Crippen LogP contribution in [-0.4, -0.2) is 28.9 Å². The van der Waals surface area contributed by atoms with E-state index in [1.807, 2.05) is 4.90 Å². The third-order valence-electron chi connectivity index (χ3n) is 4.00. The van der Waals surface area contributed by atoms with Gasteiger partial charge < -0.3 is 10.6 Å². The lowest BCUT2D eigenvalue weighted by molar-refractivity contribution is -0.139. The van der Waals surface area contributed by atoms with Gasteiger partial charge >= 0.3 is 0 Å². The second-order valence-corrected chi connectivity index (χ2v) is 6.76. The fourth-order valence-corrected chi connectivity index (χ4v) is 2.65. The third kappa shape index (κ3) is 4.60. The van der Waals surface area contributed by atoms with Gasteiger partial charge in [-0.05, 0) is 39.0 Å². The van der Waals surface area contributed by atoms with Gasteiger partial charge in [0.1, 0.15) is 0 Å². The molecular weight excluding hydrogens is 224 g/mol. The molecule has 1 fully saturated rings. The van der Waals surface area contributed by atoms with Gasteiger partial charge in [-0.1, -0.05) is 26.7 Å². The predicted octanol–water partition coefficient (Wildman–Crippen LogP) is 2.93. The molecule has 0 aromatic heterocycles. The lowest BCUT2D eigenvalue weighted by atomic mass is 9.88. The number of nitrogens with two attached hydrogens (primary N) is 1. The summed E-state index contributed by atoms with van der Waals surface area (Å²) in [5.74, 6) is 1.03. The van der Waals surface area contributed by atoms with Crippen molar-refractivity contribution in [2.75, 3.05) is 6.54 Å². The highest BCUT2D eigenvalue weighted by Gasteiger charge is 2.35. The average molecular weight is 254 g/mol. The van der Waals surface area contributed by atoms with E-state index in [1.165, 1.54) is 6.42 Å². The molecule has 3 nitrogen and oxygen atoms in total. The van der Waals surface area contributed by atoms with Crippen molar-refractivity contribution in [2.45, 2.75) is 77.8 Å². The van der Waals surface area contributed by atoms with E-state index in [-0.39, 0.29) is 11.6 Å². The molecule has 0 radical (unpaired) electrons. The van der Waals surface area contributed by atoms with E-state index in [2.05, 4.69) is 27.7 Å². The molecule has 0 aliphatic carbocycles. The minimum absolute atomic E-state index is 0.00893. The Balaban J connectivity index is 2.39. The SMILES string of the molecule is CC(C)CCCCC(=O)N1CC(N)CCC1(C)C. The molecular formula is C15H30N2O. The normalized spacial score (nSPS) is 23.4. The van der Waals surface area contributed by atoms with Crippen LogP contribution in [0.1, 0.15) is 66.2 Å². The molecule has 1 aliphatic rings. The summed E-state index contributed by atoms with van der Waals surface area (Å²) in [6, 6.07) is 0.164. The summed E-state index contributed by atoms with van der Waals surface area (Å²) in [4.78, 5) is 14.3. The number of hydrogen-bond donors (Lipinski definition) is 1. The highest BCUT2D eigenvalue weighted by molar-refractivity contribution is 5.77. The molecule has 18 heavy (non-hydrogen) atoms. The van der Waals surface area contributed by atoms with E-state index < -0.39 is 0 Å². The topological polar surface area (TPSA) is 46.3 Å². The number of carbonyl (C=O) groups is 1. The maximum Gasteiger partial charge on any atom is 0.223 e. The van der Waals surface area contributed by atoms with Gasteiger partial charge in [0, 0.05) is 24.5 Å². The number of rotatable bonds is 5. The minimum Gasteiger partial charge on any atom is -0.336 e. The maximum absolute atomic E-state index is 12.3. The summed E-state index contributed by atoms with van der Waals surface area (Å²) in [7, 11) is 0. The second kappa shape index (κ2) is 6.55. The van der Waals surface area contributed by atoms with Gasteiger partial charge in [-0.3, -0.25) is 4.79 Å². The molecule has 0 aromatic rings. The molecule has 1 rings (SSSR count). The fraction of sp³-hybridized carbons (Fsp3) is 0.933. The number of nitrogens with zero attached hydrogens (tertiary/aromatic N) is 1. The van der Waals surface area contributed by atoms with Crippen LogP contribution in [0.5, 0.6) is 0 Å². The van der Waals surface area contributed by atoms with Gasteiger partial charge in [0.05, 0.1) is 0 Å². The Kier molecular flexibility index (Phi) is 5.64. The van der Waals surface area contributed by atoms with Gasteiger partial charge in [0.2, 0.25) is 5.91 Å². The predicted molar refractivity (Wildman–Crippen MR) is 76.3 cm³/mol. The molecule has 3 heteroatoms. The van der Waals surface area contributed by atoms with Crippen LogP contribution >= 0.6 is 0 Å². The minimum atomic E-state index is -0.00893. The Morgan fingerprint density at radius 3 is 2.67 bits per heavy atom. The number of piperidine rings is 1. The third-order valence-corrected chi connectivity index (χ3v) is 4.00. The molecule has 1 amide bonds. The number of unbranched alkanes of at least 4 members (excludes halogenated alkanes) is 1. The molecule has 1 aliphatic heterocycles.